The minimum Gasteiger partial charge on any atom is -0.481 e. The summed E-state index contributed by atoms with van der Waals surface area (Å²) in [6.07, 6.45) is 0.380. The second-order valence-electron chi connectivity index (χ2n) is 1.35. The number of hydrogen-bond acceptors (Lipinski definition) is 3. The predicted octanol–water partition coefficient (Wildman–Crippen LogP) is 0.618. The zero-order valence-corrected chi connectivity index (χ0v) is 4.33. The number of hydrogen-bond donors (Lipinski definition) is 1. The zero-order valence-electron chi connectivity index (χ0n) is 4.33. The van der Waals surface area contributed by atoms with E-state index >= 15 is 0 Å². The lowest BCUT2D eigenvalue weighted by atomic mass is 10.3. The van der Waals surface area contributed by atoms with Gasteiger partial charge in [-0.25, -0.2) is 0 Å². The number of nitrogens with zero attached hydrogens (tertiary/aromatic N) is 1. The molecule has 0 saturated carbocycles. The van der Waals surface area contributed by atoms with Crippen LogP contribution < -0.4 is 0 Å². The second kappa shape index (κ2) is 4.23. The molecule has 0 unspecified atom stereocenters. The Labute approximate surface area is 46.5 Å². The van der Waals surface area contributed by atoms with Crippen molar-refractivity contribution >= 4 is 5.97 Å². The third-order valence-electron chi connectivity index (χ3n) is 0.640. The fourth-order valence-corrected chi connectivity index (χ4v) is 0.295. The standard InChI is InChI=1S/C4H7NO3/c6-4(7)2-1-3-5-8/h1-3H2,(H,6,7). The van der Waals surface area contributed by atoms with Crippen molar-refractivity contribution in [3.8, 4) is 0 Å². The molecule has 0 rings (SSSR count). The van der Waals surface area contributed by atoms with E-state index in [0.29, 0.717) is 6.42 Å². The first-order valence-corrected chi connectivity index (χ1v) is 2.28. The maximum Gasteiger partial charge on any atom is 0.303 e. The SMILES string of the molecule is O=NCCCC(=O)O. The summed E-state index contributed by atoms with van der Waals surface area (Å²) in [5.41, 5.74) is 0. The van der Waals surface area contributed by atoms with E-state index in [9.17, 15) is 9.70 Å². The van der Waals surface area contributed by atoms with E-state index < -0.39 is 5.97 Å². The Hall–Kier alpha value is -0.930. The van der Waals surface area contributed by atoms with Gasteiger partial charge in [-0.15, -0.1) is 0 Å². The van der Waals surface area contributed by atoms with Crippen LogP contribution in [0.5, 0.6) is 0 Å². The summed E-state index contributed by atoms with van der Waals surface area (Å²) in [5, 5.41) is 10.5. The molecule has 0 aromatic carbocycles. The van der Waals surface area contributed by atoms with Gasteiger partial charge in [-0.1, -0.05) is 5.18 Å². The maximum atomic E-state index is 9.73. The van der Waals surface area contributed by atoms with Gasteiger partial charge in [-0.3, -0.25) is 4.79 Å². The first-order chi connectivity index (χ1) is 3.77. The van der Waals surface area contributed by atoms with Gasteiger partial charge in [0.1, 0.15) is 0 Å². The van der Waals surface area contributed by atoms with Gasteiger partial charge in [-0.2, -0.15) is 4.91 Å². The summed E-state index contributed by atoms with van der Waals surface area (Å²) in [4.78, 5) is 19.1. The van der Waals surface area contributed by atoms with Crippen LogP contribution in [0.2, 0.25) is 0 Å². The molecule has 0 aliphatic rings. The van der Waals surface area contributed by atoms with Crippen LogP contribution in [0.15, 0.2) is 5.18 Å². The number of carboxylic acid groups (broad SMARTS) is 1. The van der Waals surface area contributed by atoms with E-state index in [1.54, 1.807) is 0 Å². The molecular formula is C4H7NO3. The Bertz CT molecular complexity index is 91.3. The average Bonchev–Trinajstić information content (AvgIpc) is 1.66. The molecule has 0 spiro atoms. The molecule has 0 fully saturated rings. The highest BCUT2D eigenvalue weighted by atomic mass is 16.4. The van der Waals surface area contributed by atoms with Crippen molar-refractivity contribution in [2.75, 3.05) is 6.54 Å². The van der Waals surface area contributed by atoms with Crippen molar-refractivity contribution in [2.24, 2.45) is 5.18 Å². The smallest absolute Gasteiger partial charge is 0.303 e. The molecule has 0 aromatic heterocycles. The van der Waals surface area contributed by atoms with Crippen LogP contribution in [0, 0.1) is 4.91 Å². The van der Waals surface area contributed by atoms with Crippen LogP contribution in [-0.4, -0.2) is 17.6 Å². The van der Waals surface area contributed by atoms with E-state index in [-0.39, 0.29) is 13.0 Å². The van der Waals surface area contributed by atoms with Crippen LogP contribution in [0.1, 0.15) is 12.8 Å². The van der Waals surface area contributed by atoms with Crippen molar-refractivity contribution in [1.82, 2.24) is 0 Å². The van der Waals surface area contributed by atoms with Crippen molar-refractivity contribution in [2.45, 2.75) is 12.8 Å². The molecule has 0 aromatic rings. The largest absolute Gasteiger partial charge is 0.481 e. The number of nitroso groups, excluding NO2 is 1. The van der Waals surface area contributed by atoms with E-state index in [2.05, 4.69) is 5.18 Å². The molecule has 0 heterocycles. The Kier molecular flexibility index (Phi) is 3.74. The van der Waals surface area contributed by atoms with Gasteiger partial charge in [-0.05, 0) is 6.42 Å². The molecule has 0 amide bonds. The van der Waals surface area contributed by atoms with Crippen molar-refractivity contribution < 1.29 is 9.90 Å². The van der Waals surface area contributed by atoms with E-state index in [0.717, 1.165) is 0 Å². The van der Waals surface area contributed by atoms with Crippen LogP contribution in [-0.2, 0) is 4.79 Å². The number of aliphatic carboxylic acids is 1. The topological polar surface area (TPSA) is 66.7 Å². The van der Waals surface area contributed by atoms with Crippen molar-refractivity contribution in [3.63, 3.8) is 0 Å². The van der Waals surface area contributed by atoms with Crippen LogP contribution in [0.3, 0.4) is 0 Å². The first kappa shape index (κ1) is 7.07. The second-order valence-corrected chi connectivity index (χ2v) is 1.35. The summed E-state index contributed by atoms with van der Waals surface area (Å²) < 4.78 is 0. The Morgan fingerprint density at radius 1 is 1.62 bits per heavy atom. The van der Waals surface area contributed by atoms with Gasteiger partial charge in [0.25, 0.3) is 0 Å². The van der Waals surface area contributed by atoms with Gasteiger partial charge < -0.3 is 5.11 Å². The van der Waals surface area contributed by atoms with Crippen LogP contribution in [0.4, 0.5) is 0 Å². The Morgan fingerprint density at radius 3 is 2.62 bits per heavy atom. The maximum absolute atomic E-state index is 9.73. The molecule has 46 valence electrons. The first-order valence-electron chi connectivity index (χ1n) is 2.28. The van der Waals surface area contributed by atoms with Crippen LogP contribution >= 0.6 is 0 Å². The molecule has 0 aliphatic carbocycles. The van der Waals surface area contributed by atoms with Gasteiger partial charge in [0.15, 0.2) is 0 Å². The van der Waals surface area contributed by atoms with Gasteiger partial charge >= 0.3 is 5.97 Å². The molecule has 4 nitrogen and oxygen atoms in total. The molecule has 4 heteroatoms. The molecule has 1 N–H and O–H groups in total. The van der Waals surface area contributed by atoms with Crippen molar-refractivity contribution in [1.29, 1.82) is 0 Å². The molecule has 8 heavy (non-hydrogen) atoms. The molecule has 0 atom stereocenters. The lowest BCUT2D eigenvalue weighted by Gasteiger charge is -1.84. The molecule has 0 aliphatic heterocycles. The van der Waals surface area contributed by atoms with E-state index in [1.165, 1.54) is 0 Å². The third-order valence-corrected chi connectivity index (χ3v) is 0.640. The summed E-state index contributed by atoms with van der Waals surface area (Å²) in [6.45, 7) is 0.103. The lowest BCUT2D eigenvalue weighted by Crippen LogP contribution is -1.94. The summed E-state index contributed by atoms with van der Waals surface area (Å²) in [5.74, 6) is -0.881. The predicted molar refractivity (Wildman–Crippen MR) is 27.5 cm³/mol. The minimum absolute atomic E-state index is 0.0335. The molecule has 0 radical (unpaired) electrons. The van der Waals surface area contributed by atoms with Gasteiger partial charge in [0, 0.05) is 6.42 Å². The summed E-state index contributed by atoms with van der Waals surface area (Å²) in [6, 6.07) is 0. The quantitative estimate of drug-likeness (QED) is 0.433. The highest BCUT2D eigenvalue weighted by Gasteiger charge is 1.93. The highest BCUT2D eigenvalue weighted by molar-refractivity contribution is 5.66. The number of carboxylic acids is 1. The Morgan fingerprint density at radius 2 is 2.25 bits per heavy atom. The monoisotopic (exact) mass is 117 g/mol. The average molecular weight is 117 g/mol. The van der Waals surface area contributed by atoms with E-state index in [1.807, 2.05) is 0 Å². The van der Waals surface area contributed by atoms with Gasteiger partial charge in [0.2, 0.25) is 0 Å². The fraction of sp³-hybridized carbons (Fsp3) is 0.750. The van der Waals surface area contributed by atoms with E-state index in [4.69, 9.17) is 5.11 Å². The fourth-order valence-electron chi connectivity index (χ4n) is 0.295. The van der Waals surface area contributed by atoms with Crippen LogP contribution in [0.25, 0.3) is 0 Å². The summed E-state index contributed by atoms with van der Waals surface area (Å²) >= 11 is 0. The third kappa shape index (κ3) is 5.07. The summed E-state index contributed by atoms with van der Waals surface area (Å²) in [7, 11) is 0. The zero-order chi connectivity index (χ0) is 6.41. The molecule has 0 saturated heterocycles. The minimum atomic E-state index is -0.881. The number of rotatable bonds is 4. The highest BCUT2D eigenvalue weighted by Crippen LogP contribution is 1.87. The molecule has 0 bridgehead atoms. The molecular weight excluding hydrogens is 110 g/mol. The lowest BCUT2D eigenvalue weighted by molar-refractivity contribution is -0.137. The Balaban J connectivity index is 2.93. The number of carbonyl (C=O) groups is 1. The van der Waals surface area contributed by atoms with Crippen molar-refractivity contribution in [3.05, 3.63) is 4.91 Å². The normalized spacial score (nSPS) is 8.50. The van der Waals surface area contributed by atoms with Gasteiger partial charge in [0.05, 0.1) is 6.54 Å².